The zero-order valence-electron chi connectivity index (χ0n) is 17.0. The molecule has 0 radical (unpaired) electrons. The Hall–Kier alpha value is -3.95. The van der Waals surface area contributed by atoms with Gasteiger partial charge in [0, 0.05) is 27.5 Å². The Bertz CT molecular complexity index is 1520. The van der Waals surface area contributed by atoms with E-state index in [1.165, 1.54) is 0 Å². The highest BCUT2D eigenvalue weighted by molar-refractivity contribution is 6.36. The van der Waals surface area contributed by atoms with E-state index in [0.717, 1.165) is 44.4 Å². The molecule has 3 nitrogen and oxygen atoms in total. The average Bonchev–Trinajstić information content (AvgIpc) is 3.26. The molecule has 6 rings (SSSR count). The van der Waals surface area contributed by atoms with Crippen molar-refractivity contribution in [1.29, 1.82) is 0 Å². The molecular weight excluding hydrogens is 416 g/mol. The number of benzene rings is 4. The van der Waals surface area contributed by atoms with E-state index in [9.17, 15) is 0 Å². The van der Waals surface area contributed by atoms with Crippen LogP contribution in [0.25, 0.3) is 55.8 Å². The van der Waals surface area contributed by atoms with Gasteiger partial charge in [-0.25, -0.2) is 9.97 Å². The largest absolute Gasteiger partial charge is 0.454 e. The van der Waals surface area contributed by atoms with Crippen LogP contribution in [0, 0.1) is 0 Å². The summed E-state index contributed by atoms with van der Waals surface area (Å²) in [6.07, 6.45) is 0. The standard InChI is InChI=1S/C28H17ClN2O/c29-22-16-15-21(26-20-13-7-8-14-25(20)32-27(22)26)28-30-23(18-9-3-1-4-10-18)17-24(31-28)19-11-5-2-6-12-19/h1-17H. The monoisotopic (exact) mass is 432 g/mol. The second kappa shape index (κ2) is 7.63. The minimum Gasteiger partial charge on any atom is -0.454 e. The van der Waals surface area contributed by atoms with Crippen molar-refractivity contribution in [2.45, 2.75) is 0 Å². The van der Waals surface area contributed by atoms with E-state index in [2.05, 4.69) is 24.3 Å². The maximum absolute atomic E-state index is 6.51. The summed E-state index contributed by atoms with van der Waals surface area (Å²) in [4.78, 5) is 9.94. The van der Waals surface area contributed by atoms with Crippen LogP contribution in [-0.2, 0) is 0 Å². The number of furan rings is 1. The molecule has 0 bridgehead atoms. The Morgan fingerprint density at radius 2 is 1.22 bits per heavy atom. The first-order valence-electron chi connectivity index (χ1n) is 10.4. The van der Waals surface area contributed by atoms with Gasteiger partial charge in [-0.05, 0) is 24.3 Å². The summed E-state index contributed by atoms with van der Waals surface area (Å²) < 4.78 is 6.09. The van der Waals surface area contributed by atoms with E-state index in [1.54, 1.807) is 0 Å². The molecule has 0 saturated heterocycles. The number of nitrogens with zero attached hydrogens (tertiary/aromatic N) is 2. The summed E-state index contributed by atoms with van der Waals surface area (Å²) >= 11 is 6.51. The van der Waals surface area contributed by atoms with Gasteiger partial charge in [0.15, 0.2) is 11.4 Å². The molecule has 0 amide bonds. The number of rotatable bonds is 3. The lowest BCUT2D eigenvalue weighted by atomic mass is 10.0. The Labute approximate surface area is 190 Å². The smallest absolute Gasteiger partial charge is 0.161 e. The minimum absolute atomic E-state index is 0.572. The molecule has 0 atom stereocenters. The number of halogens is 1. The zero-order valence-corrected chi connectivity index (χ0v) is 17.8. The molecule has 6 aromatic rings. The van der Waals surface area contributed by atoms with Crippen molar-refractivity contribution in [2.24, 2.45) is 0 Å². The van der Waals surface area contributed by atoms with Gasteiger partial charge in [-0.15, -0.1) is 0 Å². The molecule has 2 aromatic heterocycles. The Morgan fingerprint density at radius 3 is 1.88 bits per heavy atom. The highest BCUT2D eigenvalue weighted by Gasteiger charge is 2.18. The van der Waals surface area contributed by atoms with Crippen molar-refractivity contribution in [3.8, 4) is 33.9 Å². The first-order valence-corrected chi connectivity index (χ1v) is 10.8. The molecule has 2 heterocycles. The third kappa shape index (κ3) is 3.15. The van der Waals surface area contributed by atoms with E-state index >= 15 is 0 Å². The first kappa shape index (κ1) is 18.8. The van der Waals surface area contributed by atoms with Gasteiger partial charge < -0.3 is 4.42 Å². The van der Waals surface area contributed by atoms with Crippen molar-refractivity contribution in [2.75, 3.05) is 0 Å². The van der Waals surface area contributed by atoms with Crippen LogP contribution >= 0.6 is 11.6 Å². The van der Waals surface area contributed by atoms with Crippen molar-refractivity contribution in [3.05, 3.63) is 108 Å². The van der Waals surface area contributed by atoms with Gasteiger partial charge in [-0.2, -0.15) is 0 Å². The predicted molar refractivity (Wildman–Crippen MR) is 131 cm³/mol. The molecule has 152 valence electrons. The second-order valence-corrected chi connectivity index (χ2v) is 8.00. The SMILES string of the molecule is Clc1ccc(-c2nc(-c3ccccc3)cc(-c3ccccc3)n2)c2c1oc1ccccc12. The fourth-order valence-corrected chi connectivity index (χ4v) is 4.26. The molecular formula is C28H17ClN2O. The van der Waals surface area contributed by atoms with E-state index in [0.29, 0.717) is 16.4 Å². The highest BCUT2D eigenvalue weighted by Crippen LogP contribution is 2.40. The molecule has 0 aliphatic carbocycles. The minimum atomic E-state index is 0.572. The van der Waals surface area contributed by atoms with Gasteiger partial charge >= 0.3 is 0 Å². The van der Waals surface area contributed by atoms with E-state index in [-0.39, 0.29) is 0 Å². The Balaban J connectivity index is 1.67. The Kier molecular flexibility index (Phi) is 4.48. The van der Waals surface area contributed by atoms with E-state index in [1.807, 2.05) is 78.9 Å². The molecule has 0 N–H and O–H groups in total. The van der Waals surface area contributed by atoms with Crippen molar-refractivity contribution in [3.63, 3.8) is 0 Å². The molecule has 0 unspecified atom stereocenters. The van der Waals surface area contributed by atoms with Gasteiger partial charge in [0.05, 0.1) is 16.4 Å². The summed E-state index contributed by atoms with van der Waals surface area (Å²) in [5, 5.41) is 2.50. The van der Waals surface area contributed by atoms with Crippen molar-refractivity contribution in [1.82, 2.24) is 9.97 Å². The molecule has 0 aliphatic heterocycles. The second-order valence-electron chi connectivity index (χ2n) is 7.59. The van der Waals surface area contributed by atoms with Crippen LogP contribution in [0.1, 0.15) is 0 Å². The molecule has 4 aromatic carbocycles. The maximum atomic E-state index is 6.51. The van der Waals surface area contributed by atoms with Gasteiger partial charge in [0.25, 0.3) is 0 Å². The lowest BCUT2D eigenvalue weighted by molar-refractivity contribution is 0.669. The van der Waals surface area contributed by atoms with Gasteiger partial charge in [-0.1, -0.05) is 90.5 Å². The van der Waals surface area contributed by atoms with Gasteiger partial charge in [0.1, 0.15) is 5.58 Å². The van der Waals surface area contributed by atoms with Crippen molar-refractivity contribution < 1.29 is 4.42 Å². The van der Waals surface area contributed by atoms with E-state index < -0.39 is 0 Å². The van der Waals surface area contributed by atoms with Gasteiger partial charge in [0.2, 0.25) is 0 Å². The van der Waals surface area contributed by atoms with E-state index in [4.69, 9.17) is 26.0 Å². The number of aromatic nitrogens is 2. The fourth-order valence-electron chi connectivity index (χ4n) is 4.06. The lowest BCUT2D eigenvalue weighted by Gasteiger charge is -2.10. The molecule has 4 heteroatoms. The van der Waals surface area contributed by atoms with Crippen LogP contribution in [0.15, 0.2) is 108 Å². The van der Waals surface area contributed by atoms with Gasteiger partial charge in [-0.3, -0.25) is 0 Å². The number of hydrogen-bond donors (Lipinski definition) is 0. The maximum Gasteiger partial charge on any atom is 0.161 e. The molecule has 32 heavy (non-hydrogen) atoms. The molecule has 0 fully saturated rings. The summed E-state index contributed by atoms with van der Waals surface area (Å²) in [6.45, 7) is 0. The normalized spacial score (nSPS) is 11.3. The predicted octanol–water partition coefficient (Wildman–Crippen LogP) is 8.03. The number of para-hydroxylation sites is 1. The summed E-state index contributed by atoms with van der Waals surface area (Å²) in [5.41, 5.74) is 6.14. The van der Waals surface area contributed by atoms with Crippen LogP contribution in [-0.4, -0.2) is 9.97 Å². The quantitative estimate of drug-likeness (QED) is 0.284. The summed E-state index contributed by atoms with van der Waals surface area (Å²) in [5.74, 6) is 0.637. The highest BCUT2D eigenvalue weighted by atomic mass is 35.5. The fraction of sp³-hybridized carbons (Fsp3) is 0. The third-order valence-electron chi connectivity index (χ3n) is 5.58. The van der Waals surface area contributed by atoms with Crippen LogP contribution in [0.3, 0.4) is 0 Å². The topological polar surface area (TPSA) is 38.9 Å². The molecule has 0 spiro atoms. The van der Waals surface area contributed by atoms with Crippen LogP contribution in [0.2, 0.25) is 5.02 Å². The first-order chi connectivity index (χ1) is 15.8. The third-order valence-corrected chi connectivity index (χ3v) is 5.88. The van der Waals surface area contributed by atoms with Crippen LogP contribution in [0.4, 0.5) is 0 Å². The molecule has 0 saturated carbocycles. The van der Waals surface area contributed by atoms with Crippen LogP contribution < -0.4 is 0 Å². The Morgan fingerprint density at radius 1 is 0.625 bits per heavy atom. The molecule has 0 aliphatic rings. The number of hydrogen-bond acceptors (Lipinski definition) is 3. The van der Waals surface area contributed by atoms with Crippen molar-refractivity contribution >= 4 is 33.5 Å². The average molecular weight is 433 g/mol. The lowest BCUT2D eigenvalue weighted by Crippen LogP contribution is -1.96. The summed E-state index contributed by atoms with van der Waals surface area (Å²) in [6, 6.07) is 34.1. The van der Waals surface area contributed by atoms with Crippen LogP contribution in [0.5, 0.6) is 0 Å². The zero-order chi connectivity index (χ0) is 21.5. The number of fused-ring (bicyclic) bond motifs is 3. The summed E-state index contributed by atoms with van der Waals surface area (Å²) in [7, 11) is 0.